The van der Waals surface area contributed by atoms with E-state index in [0.717, 1.165) is 46.8 Å². The first kappa shape index (κ1) is 19.7. The van der Waals surface area contributed by atoms with Gasteiger partial charge in [0.2, 0.25) is 0 Å². The summed E-state index contributed by atoms with van der Waals surface area (Å²) in [5.41, 5.74) is 16.3. The second-order valence-corrected chi connectivity index (χ2v) is 7.32. The van der Waals surface area contributed by atoms with Crippen molar-refractivity contribution in [3.8, 4) is 11.1 Å². The van der Waals surface area contributed by atoms with Crippen molar-refractivity contribution in [1.29, 1.82) is 0 Å². The average molecular weight is 376 g/mol. The van der Waals surface area contributed by atoms with Crippen LogP contribution in [0.2, 0.25) is 0 Å². The van der Waals surface area contributed by atoms with Crippen LogP contribution in [0.1, 0.15) is 31.7 Å². The number of benzene rings is 2. The summed E-state index contributed by atoms with van der Waals surface area (Å²) in [6.07, 6.45) is 9.89. The smallest absolute Gasteiger partial charge is 0.0747 e. The summed E-state index contributed by atoms with van der Waals surface area (Å²) in [4.78, 5) is 4.31. The minimum absolute atomic E-state index is 0.353. The number of hydrogen-bond donors (Lipinski definition) is 3. The van der Waals surface area contributed by atoms with E-state index in [2.05, 4.69) is 48.3 Å². The molecule has 3 rings (SSSR count). The standard InChI is InChI=1S/C23H29N5/c1-17-3-12-22(15-17)28(26)23(16-25)20-6-4-18(5-7-20)19-8-10-21(11-9-19)27-14-2-13-24/h2,4-11,13-14,16-17,22H,3,12,15,24-26H2,1H3/b13-2?,23-16-,27-14?/t17?,22-/m1/s1. The van der Waals surface area contributed by atoms with E-state index < -0.39 is 0 Å². The molecule has 146 valence electrons. The van der Waals surface area contributed by atoms with E-state index in [1.165, 1.54) is 12.6 Å². The van der Waals surface area contributed by atoms with Crippen LogP contribution < -0.4 is 17.3 Å². The lowest BCUT2D eigenvalue weighted by Crippen LogP contribution is -2.38. The molecule has 1 aliphatic carbocycles. The molecular weight excluding hydrogens is 346 g/mol. The van der Waals surface area contributed by atoms with Crippen molar-refractivity contribution in [2.75, 3.05) is 0 Å². The van der Waals surface area contributed by atoms with E-state index in [-0.39, 0.29) is 0 Å². The largest absolute Gasteiger partial charge is 0.405 e. The van der Waals surface area contributed by atoms with E-state index in [1.807, 2.05) is 17.1 Å². The molecule has 2 atom stereocenters. The summed E-state index contributed by atoms with van der Waals surface area (Å²) in [5, 5.41) is 1.85. The van der Waals surface area contributed by atoms with E-state index >= 15 is 0 Å². The predicted octanol–water partition coefficient (Wildman–Crippen LogP) is 4.15. The molecule has 2 aromatic rings. The highest BCUT2D eigenvalue weighted by molar-refractivity contribution is 5.75. The molecule has 0 bridgehead atoms. The van der Waals surface area contributed by atoms with E-state index in [1.54, 1.807) is 18.5 Å². The summed E-state index contributed by atoms with van der Waals surface area (Å²) in [7, 11) is 0. The molecule has 6 N–H and O–H groups in total. The zero-order valence-electron chi connectivity index (χ0n) is 16.3. The minimum Gasteiger partial charge on any atom is -0.405 e. The molecule has 28 heavy (non-hydrogen) atoms. The Bertz CT molecular complexity index is 850. The van der Waals surface area contributed by atoms with Gasteiger partial charge in [0.15, 0.2) is 0 Å². The van der Waals surface area contributed by atoms with Gasteiger partial charge in [-0.15, -0.1) is 0 Å². The second-order valence-electron chi connectivity index (χ2n) is 7.32. The van der Waals surface area contributed by atoms with Crippen molar-refractivity contribution in [2.45, 2.75) is 32.2 Å². The fraction of sp³-hybridized carbons (Fsp3) is 0.261. The maximum absolute atomic E-state index is 6.40. The van der Waals surface area contributed by atoms with E-state index in [4.69, 9.17) is 17.3 Å². The number of allylic oxidation sites excluding steroid dienone is 1. The molecule has 1 fully saturated rings. The van der Waals surface area contributed by atoms with Gasteiger partial charge in [-0.3, -0.25) is 4.99 Å². The highest BCUT2D eigenvalue weighted by Gasteiger charge is 2.27. The molecule has 0 saturated heterocycles. The fourth-order valence-electron chi connectivity index (χ4n) is 3.71. The van der Waals surface area contributed by atoms with Crippen molar-refractivity contribution in [1.82, 2.24) is 5.01 Å². The first-order valence-electron chi connectivity index (χ1n) is 9.70. The SMILES string of the molecule is CC1CC[C@@H](N(N)/C(=C\N)c2ccc(-c3ccc(N=CC=CN)cc3)cc2)C1. The monoisotopic (exact) mass is 375 g/mol. The molecule has 0 aliphatic heterocycles. The number of hydrogen-bond acceptors (Lipinski definition) is 5. The van der Waals surface area contributed by atoms with Crippen LogP contribution in [0.25, 0.3) is 16.8 Å². The van der Waals surface area contributed by atoms with Gasteiger partial charge in [0.1, 0.15) is 0 Å². The maximum Gasteiger partial charge on any atom is 0.0747 e. The number of rotatable bonds is 6. The van der Waals surface area contributed by atoms with Crippen molar-refractivity contribution in [3.05, 3.63) is 72.6 Å². The minimum atomic E-state index is 0.353. The van der Waals surface area contributed by atoms with Crippen LogP contribution >= 0.6 is 0 Å². The number of aliphatic imine (C=N–C) groups is 1. The molecule has 0 spiro atoms. The van der Waals surface area contributed by atoms with Crippen LogP contribution in [0.4, 0.5) is 5.69 Å². The topological polar surface area (TPSA) is 93.7 Å². The average Bonchev–Trinajstić information content (AvgIpc) is 3.16. The third-order valence-electron chi connectivity index (χ3n) is 5.30. The summed E-state index contributed by atoms with van der Waals surface area (Å²) < 4.78 is 0. The van der Waals surface area contributed by atoms with Crippen LogP contribution in [-0.2, 0) is 0 Å². The van der Waals surface area contributed by atoms with Gasteiger partial charge >= 0.3 is 0 Å². The lowest BCUT2D eigenvalue weighted by molar-refractivity contribution is 0.300. The van der Waals surface area contributed by atoms with Gasteiger partial charge in [-0.2, -0.15) is 0 Å². The van der Waals surface area contributed by atoms with Gasteiger partial charge in [0.05, 0.1) is 11.4 Å². The Morgan fingerprint density at radius 2 is 1.64 bits per heavy atom. The highest BCUT2D eigenvalue weighted by Crippen LogP contribution is 2.32. The van der Waals surface area contributed by atoms with Crippen LogP contribution in [0.15, 0.2) is 72.0 Å². The third kappa shape index (κ3) is 4.61. The first-order chi connectivity index (χ1) is 13.6. The lowest BCUT2D eigenvalue weighted by atomic mass is 10.0. The van der Waals surface area contributed by atoms with Gasteiger partial charge in [-0.1, -0.05) is 43.3 Å². The number of hydrazine groups is 1. The molecule has 0 radical (unpaired) electrons. The molecule has 2 aromatic carbocycles. The zero-order valence-corrected chi connectivity index (χ0v) is 16.3. The van der Waals surface area contributed by atoms with Crippen molar-refractivity contribution < 1.29 is 0 Å². The number of nitrogens with zero attached hydrogens (tertiary/aromatic N) is 2. The van der Waals surface area contributed by atoms with Crippen molar-refractivity contribution >= 4 is 17.6 Å². The molecule has 1 unspecified atom stereocenters. The first-order valence-corrected chi connectivity index (χ1v) is 9.70. The third-order valence-corrected chi connectivity index (χ3v) is 5.30. The Kier molecular flexibility index (Phi) is 6.50. The molecule has 0 heterocycles. The van der Waals surface area contributed by atoms with Crippen LogP contribution in [0, 0.1) is 5.92 Å². The predicted molar refractivity (Wildman–Crippen MR) is 118 cm³/mol. The molecule has 1 saturated carbocycles. The van der Waals surface area contributed by atoms with Gasteiger partial charge in [-0.25, -0.2) is 5.84 Å². The van der Waals surface area contributed by atoms with Gasteiger partial charge in [-0.05, 0) is 60.7 Å². The fourth-order valence-corrected chi connectivity index (χ4v) is 3.71. The van der Waals surface area contributed by atoms with Gasteiger partial charge in [0, 0.05) is 24.0 Å². The zero-order chi connectivity index (χ0) is 19.9. The molecule has 0 aromatic heterocycles. The Morgan fingerprint density at radius 1 is 1.00 bits per heavy atom. The Labute approximate surface area is 167 Å². The molecule has 0 amide bonds. The summed E-state index contributed by atoms with van der Waals surface area (Å²) in [6, 6.07) is 16.8. The van der Waals surface area contributed by atoms with Crippen molar-refractivity contribution in [2.24, 2.45) is 28.2 Å². The van der Waals surface area contributed by atoms with Crippen LogP contribution in [0.3, 0.4) is 0 Å². The van der Waals surface area contributed by atoms with Crippen LogP contribution in [-0.4, -0.2) is 17.3 Å². The van der Waals surface area contributed by atoms with Gasteiger partial charge < -0.3 is 16.5 Å². The highest BCUT2D eigenvalue weighted by atomic mass is 15.4. The summed E-state index contributed by atoms with van der Waals surface area (Å²) >= 11 is 0. The number of nitrogens with two attached hydrogens (primary N) is 3. The molecule has 5 nitrogen and oxygen atoms in total. The quantitative estimate of drug-likeness (QED) is 0.402. The summed E-state index contributed by atoms with van der Waals surface area (Å²) in [6.45, 7) is 2.28. The summed E-state index contributed by atoms with van der Waals surface area (Å²) in [5.74, 6) is 7.12. The Morgan fingerprint density at radius 3 is 2.18 bits per heavy atom. The second kappa shape index (κ2) is 9.24. The van der Waals surface area contributed by atoms with Gasteiger partial charge in [0.25, 0.3) is 0 Å². The molecule has 1 aliphatic rings. The van der Waals surface area contributed by atoms with Crippen molar-refractivity contribution in [3.63, 3.8) is 0 Å². The van der Waals surface area contributed by atoms with E-state index in [0.29, 0.717) is 6.04 Å². The normalized spacial score (nSPS) is 20.3. The Balaban J connectivity index is 1.73. The molecule has 5 heteroatoms. The lowest BCUT2D eigenvalue weighted by Gasteiger charge is -2.28. The van der Waals surface area contributed by atoms with E-state index in [9.17, 15) is 0 Å². The molecular formula is C23H29N5. The van der Waals surface area contributed by atoms with Crippen LogP contribution in [0.5, 0.6) is 0 Å². The maximum atomic E-state index is 6.40. The Hall–Kier alpha value is -3.05.